The number of carbonyl (C=O) groups excluding carboxylic acids is 1. The number of amides is 1. The van der Waals surface area contributed by atoms with E-state index in [2.05, 4.69) is 87.3 Å². The maximum atomic E-state index is 12.6. The maximum Gasteiger partial charge on any atom is 0.225 e. The van der Waals surface area contributed by atoms with Crippen LogP contribution in [0.25, 0.3) is 44.5 Å². The Balaban J connectivity index is 1.22. The van der Waals surface area contributed by atoms with Crippen LogP contribution in [-0.4, -0.2) is 43.6 Å². The highest BCUT2D eigenvalue weighted by Crippen LogP contribution is 2.35. The molecule has 3 heterocycles. The van der Waals surface area contributed by atoms with Crippen LogP contribution in [0.15, 0.2) is 66.9 Å². The van der Waals surface area contributed by atoms with Crippen LogP contribution >= 0.6 is 0 Å². The Morgan fingerprint density at radius 3 is 2.64 bits per heavy atom. The molecule has 0 radical (unpaired) electrons. The molecule has 1 aliphatic heterocycles. The van der Waals surface area contributed by atoms with Crippen molar-refractivity contribution in [1.82, 2.24) is 24.6 Å². The van der Waals surface area contributed by atoms with E-state index in [-0.39, 0.29) is 0 Å². The van der Waals surface area contributed by atoms with Gasteiger partial charge in [-0.25, -0.2) is 4.98 Å². The topological polar surface area (TPSA) is 66.8 Å². The van der Waals surface area contributed by atoms with Gasteiger partial charge in [0.05, 0.1) is 22.7 Å². The normalized spacial score (nSPS) is 17.9. The SMILES string of the molecule is Cc1cccc2c1nc(-c1ccc(-c3ccc4[nH]ncc4c3)cc1)n2C[C@H]1CCN(C(=O)C2CC2)C1. The molecule has 0 bridgehead atoms. The van der Waals surface area contributed by atoms with Gasteiger partial charge in [0.1, 0.15) is 5.82 Å². The summed E-state index contributed by atoms with van der Waals surface area (Å²) in [5.74, 6) is 2.12. The van der Waals surface area contributed by atoms with E-state index in [9.17, 15) is 4.79 Å². The van der Waals surface area contributed by atoms with Crippen molar-refractivity contribution in [3.05, 3.63) is 72.4 Å². The van der Waals surface area contributed by atoms with Crippen molar-refractivity contribution in [2.24, 2.45) is 11.8 Å². The number of nitrogens with one attached hydrogen (secondary N) is 1. The Bertz CT molecular complexity index is 1590. The molecule has 36 heavy (non-hydrogen) atoms. The standard InChI is InChI=1S/C30H29N5O/c1-19-3-2-4-27-28(19)32-29(35(27)18-20-13-14-34(17-20)30(36)23-9-10-23)22-7-5-21(6-8-22)24-11-12-26-25(15-24)16-31-33-26/h2-8,11-12,15-16,20,23H,9-10,13-14,17-18H2,1H3,(H,31,33)/t20-/m0/s1. The number of fused-ring (bicyclic) bond motifs is 2. The summed E-state index contributed by atoms with van der Waals surface area (Å²) in [6.07, 6.45) is 5.06. The highest BCUT2D eigenvalue weighted by Gasteiger charge is 2.36. The Kier molecular flexibility index (Phi) is 4.94. The second-order valence-corrected chi connectivity index (χ2v) is 10.5. The number of aromatic nitrogens is 4. The van der Waals surface area contributed by atoms with Crippen LogP contribution in [0.5, 0.6) is 0 Å². The third kappa shape index (κ3) is 3.68. The fourth-order valence-electron chi connectivity index (χ4n) is 5.65. The molecule has 1 amide bonds. The van der Waals surface area contributed by atoms with Gasteiger partial charge in [0.25, 0.3) is 0 Å². The van der Waals surface area contributed by atoms with Crippen LogP contribution in [0.1, 0.15) is 24.8 Å². The van der Waals surface area contributed by atoms with E-state index in [0.29, 0.717) is 17.7 Å². The number of H-pyrrole nitrogens is 1. The molecule has 0 unspecified atom stereocenters. The summed E-state index contributed by atoms with van der Waals surface area (Å²) >= 11 is 0. The molecule has 1 saturated heterocycles. The molecule has 1 atom stereocenters. The summed E-state index contributed by atoms with van der Waals surface area (Å²) < 4.78 is 2.38. The van der Waals surface area contributed by atoms with Crippen molar-refractivity contribution in [2.75, 3.05) is 13.1 Å². The molecule has 2 aromatic heterocycles. The van der Waals surface area contributed by atoms with Crippen molar-refractivity contribution < 1.29 is 4.79 Å². The first-order valence-electron chi connectivity index (χ1n) is 12.9. The van der Waals surface area contributed by atoms with Crippen LogP contribution in [0.3, 0.4) is 0 Å². The minimum atomic E-state index is 0.295. The van der Waals surface area contributed by atoms with Gasteiger partial charge in [0.15, 0.2) is 0 Å². The zero-order valence-electron chi connectivity index (χ0n) is 20.4. The van der Waals surface area contributed by atoms with Crippen LogP contribution < -0.4 is 0 Å². The first kappa shape index (κ1) is 21.4. The van der Waals surface area contributed by atoms with Gasteiger partial charge >= 0.3 is 0 Å². The quantitative estimate of drug-likeness (QED) is 0.349. The minimum Gasteiger partial charge on any atom is -0.342 e. The van der Waals surface area contributed by atoms with Gasteiger partial charge in [-0.15, -0.1) is 0 Å². The van der Waals surface area contributed by atoms with Crippen LogP contribution in [0.4, 0.5) is 0 Å². The van der Waals surface area contributed by atoms with E-state index >= 15 is 0 Å². The number of rotatable bonds is 5. The van der Waals surface area contributed by atoms with Crippen molar-refractivity contribution in [3.63, 3.8) is 0 Å². The smallest absolute Gasteiger partial charge is 0.225 e. The molecule has 3 aromatic carbocycles. The highest BCUT2D eigenvalue weighted by molar-refractivity contribution is 5.86. The number of carbonyl (C=O) groups is 1. The fraction of sp³-hybridized carbons (Fsp3) is 0.300. The maximum absolute atomic E-state index is 12.6. The van der Waals surface area contributed by atoms with E-state index in [0.717, 1.165) is 66.7 Å². The molecular formula is C30H29N5O. The van der Waals surface area contributed by atoms with Crippen molar-refractivity contribution in [2.45, 2.75) is 32.7 Å². The van der Waals surface area contributed by atoms with Crippen molar-refractivity contribution in [1.29, 1.82) is 0 Å². The zero-order chi connectivity index (χ0) is 24.2. The van der Waals surface area contributed by atoms with E-state index in [1.165, 1.54) is 22.2 Å². The summed E-state index contributed by atoms with van der Waals surface area (Å²) in [5.41, 5.74) is 7.93. The lowest BCUT2D eigenvalue weighted by Gasteiger charge is -2.18. The van der Waals surface area contributed by atoms with Gasteiger partial charge in [-0.2, -0.15) is 5.10 Å². The lowest BCUT2D eigenvalue weighted by Crippen LogP contribution is -2.30. The molecule has 1 aliphatic carbocycles. The number of hydrogen-bond acceptors (Lipinski definition) is 3. The fourth-order valence-corrected chi connectivity index (χ4v) is 5.65. The number of hydrogen-bond donors (Lipinski definition) is 1. The van der Waals surface area contributed by atoms with Gasteiger partial charge in [-0.05, 0) is 67.0 Å². The molecule has 7 rings (SSSR count). The van der Waals surface area contributed by atoms with E-state index in [4.69, 9.17) is 4.98 Å². The minimum absolute atomic E-state index is 0.295. The summed E-state index contributed by atoms with van der Waals surface area (Å²) in [7, 11) is 0. The molecule has 1 N–H and O–H groups in total. The van der Waals surface area contributed by atoms with Crippen molar-refractivity contribution >= 4 is 27.8 Å². The third-order valence-corrected chi connectivity index (χ3v) is 7.86. The Morgan fingerprint density at radius 1 is 1.00 bits per heavy atom. The first-order valence-corrected chi connectivity index (χ1v) is 12.9. The molecule has 6 heteroatoms. The summed E-state index contributed by atoms with van der Waals surface area (Å²) in [5, 5.41) is 8.26. The largest absolute Gasteiger partial charge is 0.342 e. The zero-order valence-corrected chi connectivity index (χ0v) is 20.4. The van der Waals surface area contributed by atoms with Crippen LogP contribution in [0, 0.1) is 18.8 Å². The van der Waals surface area contributed by atoms with E-state index in [1.54, 1.807) is 0 Å². The highest BCUT2D eigenvalue weighted by atomic mass is 16.2. The van der Waals surface area contributed by atoms with E-state index < -0.39 is 0 Å². The molecule has 6 nitrogen and oxygen atoms in total. The average molecular weight is 476 g/mol. The van der Waals surface area contributed by atoms with Gasteiger partial charge in [-0.3, -0.25) is 9.89 Å². The second kappa shape index (κ2) is 8.33. The number of aryl methyl sites for hydroxylation is 1. The van der Waals surface area contributed by atoms with Gasteiger partial charge < -0.3 is 9.47 Å². The molecule has 2 aliphatic rings. The third-order valence-electron chi connectivity index (χ3n) is 7.86. The Labute approximate surface area is 210 Å². The number of aromatic amines is 1. The number of imidazole rings is 1. The summed E-state index contributed by atoms with van der Waals surface area (Å²) in [6, 6.07) is 21.5. The van der Waals surface area contributed by atoms with Gasteiger partial charge in [-0.1, -0.05) is 42.5 Å². The lowest BCUT2D eigenvalue weighted by molar-refractivity contribution is -0.131. The van der Waals surface area contributed by atoms with Crippen LogP contribution in [-0.2, 0) is 11.3 Å². The molecular weight excluding hydrogens is 446 g/mol. The van der Waals surface area contributed by atoms with Crippen LogP contribution in [0.2, 0.25) is 0 Å². The van der Waals surface area contributed by atoms with E-state index in [1.807, 2.05) is 6.20 Å². The summed E-state index contributed by atoms with van der Waals surface area (Å²) in [4.78, 5) is 19.8. The molecule has 180 valence electrons. The number of para-hydroxylation sites is 1. The lowest BCUT2D eigenvalue weighted by atomic mass is 10.0. The molecule has 2 fully saturated rings. The number of likely N-dealkylation sites (tertiary alicyclic amines) is 1. The monoisotopic (exact) mass is 475 g/mol. The predicted octanol–water partition coefficient (Wildman–Crippen LogP) is 5.81. The molecule has 5 aromatic rings. The number of nitrogens with zero attached hydrogens (tertiary/aromatic N) is 4. The van der Waals surface area contributed by atoms with Crippen molar-refractivity contribution in [3.8, 4) is 22.5 Å². The second-order valence-electron chi connectivity index (χ2n) is 10.5. The number of benzene rings is 3. The first-order chi connectivity index (χ1) is 17.6. The Morgan fingerprint density at radius 2 is 1.81 bits per heavy atom. The van der Waals surface area contributed by atoms with Gasteiger partial charge in [0.2, 0.25) is 5.91 Å². The Hall–Kier alpha value is -3.93. The van der Waals surface area contributed by atoms with Gasteiger partial charge in [0, 0.05) is 36.5 Å². The predicted molar refractivity (Wildman–Crippen MR) is 142 cm³/mol. The average Bonchev–Trinajstić information content (AvgIpc) is 3.30. The molecule has 0 spiro atoms. The molecule has 1 saturated carbocycles. The summed E-state index contributed by atoms with van der Waals surface area (Å²) in [6.45, 7) is 4.75.